The fraction of sp³-hybridized carbons (Fsp3) is 0.387. The summed E-state index contributed by atoms with van der Waals surface area (Å²) in [5.74, 6) is -0.927. The molecule has 3 aromatic carbocycles. The van der Waals surface area contributed by atoms with E-state index in [1.54, 1.807) is 13.0 Å². The van der Waals surface area contributed by atoms with Crippen molar-refractivity contribution in [2.45, 2.75) is 65.7 Å². The van der Waals surface area contributed by atoms with E-state index in [9.17, 15) is 15.0 Å². The lowest BCUT2D eigenvalue weighted by Crippen LogP contribution is -2.46. The third kappa shape index (κ3) is 7.26. The highest BCUT2D eigenvalue weighted by Crippen LogP contribution is 2.31. The molecule has 36 heavy (non-hydrogen) atoms. The fourth-order valence-electron chi connectivity index (χ4n) is 4.47. The standard InChI is InChI=1S/C31H39NO4/c1-20-11-12-24(15-21(20)2)17-31(5,6)32-18-26(33)19-36-23(4)28-9-7-8-10-29(28)25-13-14-27(30(34)35)22(3)16-25/h7-16,23,26,32-33H,17-19H2,1-6H3,(H,34,35)/t23?,26-/m1/s1. The normalized spacial score (nSPS) is 13.4. The Morgan fingerprint density at radius 2 is 1.69 bits per heavy atom. The van der Waals surface area contributed by atoms with Gasteiger partial charge in [-0.05, 0) is 93.0 Å². The second-order valence-corrected chi connectivity index (χ2v) is 10.4. The Labute approximate surface area is 215 Å². The van der Waals surface area contributed by atoms with Gasteiger partial charge in [0.15, 0.2) is 0 Å². The van der Waals surface area contributed by atoms with E-state index in [4.69, 9.17) is 4.74 Å². The molecule has 3 N–H and O–H groups in total. The zero-order chi connectivity index (χ0) is 26.5. The van der Waals surface area contributed by atoms with Gasteiger partial charge >= 0.3 is 5.97 Å². The van der Waals surface area contributed by atoms with Crippen LogP contribution in [0.15, 0.2) is 60.7 Å². The Kier molecular flexibility index (Phi) is 9.07. The van der Waals surface area contributed by atoms with E-state index in [1.807, 2.05) is 43.3 Å². The van der Waals surface area contributed by atoms with E-state index in [0.717, 1.165) is 23.1 Å². The van der Waals surface area contributed by atoms with Crippen molar-refractivity contribution in [2.24, 2.45) is 0 Å². The molecule has 1 unspecified atom stereocenters. The monoisotopic (exact) mass is 489 g/mol. The number of rotatable bonds is 11. The average molecular weight is 490 g/mol. The predicted molar refractivity (Wildman–Crippen MR) is 146 cm³/mol. The summed E-state index contributed by atoms with van der Waals surface area (Å²) in [4.78, 5) is 11.4. The molecule has 0 saturated carbocycles. The highest BCUT2D eigenvalue weighted by Gasteiger charge is 2.21. The van der Waals surface area contributed by atoms with E-state index in [0.29, 0.717) is 17.7 Å². The Morgan fingerprint density at radius 1 is 0.972 bits per heavy atom. The molecular weight excluding hydrogens is 450 g/mol. The minimum atomic E-state index is -0.927. The Hall–Kier alpha value is -2.99. The molecule has 5 nitrogen and oxygen atoms in total. The van der Waals surface area contributed by atoms with Gasteiger partial charge < -0.3 is 20.3 Å². The Morgan fingerprint density at radius 3 is 2.36 bits per heavy atom. The number of aliphatic hydroxyl groups is 1. The predicted octanol–water partition coefficient (Wildman–Crippen LogP) is 6.03. The number of carbonyl (C=O) groups is 1. The van der Waals surface area contributed by atoms with Gasteiger partial charge in [-0.15, -0.1) is 0 Å². The van der Waals surface area contributed by atoms with Crippen LogP contribution in [-0.4, -0.2) is 41.0 Å². The molecule has 0 heterocycles. The first kappa shape index (κ1) is 27.6. The third-order valence-electron chi connectivity index (χ3n) is 6.74. The van der Waals surface area contributed by atoms with Crippen LogP contribution in [0, 0.1) is 20.8 Å². The minimum Gasteiger partial charge on any atom is -0.478 e. The van der Waals surface area contributed by atoms with Gasteiger partial charge in [-0.1, -0.05) is 54.6 Å². The van der Waals surface area contributed by atoms with Crippen LogP contribution < -0.4 is 5.32 Å². The van der Waals surface area contributed by atoms with Gasteiger partial charge in [0.05, 0.1) is 24.4 Å². The number of ether oxygens (including phenoxy) is 1. The van der Waals surface area contributed by atoms with E-state index in [1.165, 1.54) is 16.7 Å². The lowest BCUT2D eigenvalue weighted by molar-refractivity contribution is -0.00397. The molecule has 0 aliphatic heterocycles. The molecule has 192 valence electrons. The van der Waals surface area contributed by atoms with E-state index in [-0.39, 0.29) is 18.2 Å². The van der Waals surface area contributed by atoms with Crippen molar-refractivity contribution in [1.29, 1.82) is 0 Å². The van der Waals surface area contributed by atoms with Crippen LogP contribution in [-0.2, 0) is 11.2 Å². The number of hydrogen-bond acceptors (Lipinski definition) is 4. The van der Waals surface area contributed by atoms with Crippen molar-refractivity contribution in [3.63, 3.8) is 0 Å². The van der Waals surface area contributed by atoms with Crippen molar-refractivity contribution in [3.05, 3.63) is 94.0 Å². The SMILES string of the molecule is Cc1ccc(CC(C)(C)NC[C@@H](O)COC(C)c2ccccc2-c2ccc(C(=O)O)c(C)c2)cc1C. The van der Waals surface area contributed by atoms with Gasteiger partial charge in [0.25, 0.3) is 0 Å². The number of aliphatic hydroxyl groups excluding tert-OH is 1. The summed E-state index contributed by atoms with van der Waals surface area (Å²) in [6, 6.07) is 19.9. The quantitative estimate of drug-likeness (QED) is 0.307. The van der Waals surface area contributed by atoms with Crippen molar-refractivity contribution < 1.29 is 19.7 Å². The summed E-state index contributed by atoms with van der Waals surface area (Å²) in [5.41, 5.74) is 7.64. The lowest BCUT2D eigenvalue weighted by Gasteiger charge is -2.28. The maximum atomic E-state index is 11.4. The number of nitrogens with one attached hydrogen (secondary N) is 1. The largest absolute Gasteiger partial charge is 0.478 e. The van der Waals surface area contributed by atoms with Crippen molar-refractivity contribution in [3.8, 4) is 11.1 Å². The number of aryl methyl sites for hydroxylation is 3. The van der Waals surface area contributed by atoms with Crippen LogP contribution in [0.1, 0.15) is 65.1 Å². The third-order valence-corrected chi connectivity index (χ3v) is 6.74. The molecule has 0 bridgehead atoms. The highest BCUT2D eigenvalue weighted by molar-refractivity contribution is 5.90. The molecule has 0 aliphatic carbocycles. The number of carboxylic acid groups (broad SMARTS) is 1. The zero-order valence-electron chi connectivity index (χ0n) is 22.3. The van der Waals surface area contributed by atoms with Crippen LogP contribution in [0.2, 0.25) is 0 Å². The van der Waals surface area contributed by atoms with Crippen LogP contribution in [0.4, 0.5) is 0 Å². The van der Waals surface area contributed by atoms with E-state index >= 15 is 0 Å². The van der Waals surface area contributed by atoms with Gasteiger partial charge in [0.2, 0.25) is 0 Å². The summed E-state index contributed by atoms with van der Waals surface area (Å²) in [6.45, 7) is 13.0. The topological polar surface area (TPSA) is 78.8 Å². The van der Waals surface area contributed by atoms with Crippen molar-refractivity contribution in [1.82, 2.24) is 5.32 Å². The summed E-state index contributed by atoms with van der Waals surface area (Å²) in [7, 11) is 0. The smallest absolute Gasteiger partial charge is 0.335 e. The maximum Gasteiger partial charge on any atom is 0.335 e. The van der Waals surface area contributed by atoms with Gasteiger partial charge in [-0.3, -0.25) is 0 Å². The van der Waals surface area contributed by atoms with E-state index < -0.39 is 12.1 Å². The number of aromatic carboxylic acids is 1. The highest BCUT2D eigenvalue weighted by atomic mass is 16.5. The van der Waals surface area contributed by atoms with Crippen LogP contribution in [0.5, 0.6) is 0 Å². The van der Waals surface area contributed by atoms with E-state index in [2.05, 4.69) is 51.2 Å². The first-order chi connectivity index (χ1) is 17.0. The summed E-state index contributed by atoms with van der Waals surface area (Å²) in [5, 5.41) is 23.4. The second kappa shape index (κ2) is 11.8. The molecule has 0 aliphatic rings. The minimum absolute atomic E-state index is 0.166. The zero-order valence-corrected chi connectivity index (χ0v) is 22.3. The summed E-state index contributed by atoms with van der Waals surface area (Å²) in [6.07, 6.45) is -0.0134. The number of benzene rings is 3. The Bertz CT molecular complexity index is 1200. The van der Waals surface area contributed by atoms with Crippen LogP contribution in [0.3, 0.4) is 0 Å². The molecule has 0 amide bonds. The van der Waals surface area contributed by atoms with Gasteiger partial charge in [-0.2, -0.15) is 0 Å². The lowest BCUT2D eigenvalue weighted by atomic mass is 9.93. The molecule has 0 radical (unpaired) electrons. The molecular formula is C31H39NO4. The first-order valence-corrected chi connectivity index (χ1v) is 12.5. The van der Waals surface area contributed by atoms with Gasteiger partial charge in [0, 0.05) is 12.1 Å². The molecule has 0 aromatic heterocycles. The molecule has 0 saturated heterocycles. The molecule has 0 fully saturated rings. The van der Waals surface area contributed by atoms with Crippen molar-refractivity contribution >= 4 is 5.97 Å². The first-order valence-electron chi connectivity index (χ1n) is 12.5. The molecule has 5 heteroatoms. The van der Waals surface area contributed by atoms with Gasteiger partial charge in [-0.25, -0.2) is 4.79 Å². The number of hydrogen-bond donors (Lipinski definition) is 3. The van der Waals surface area contributed by atoms with Crippen molar-refractivity contribution in [2.75, 3.05) is 13.2 Å². The Balaban J connectivity index is 1.59. The molecule has 2 atom stereocenters. The summed E-state index contributed by atoms with van der Waals surface area (Å²) < 4.78 is 6.07. The number of carboxylic acids is 1. The molecule has 3 rings (SSSR count). The number of β-amino-alcohol motifs (C(OH)–C–C–N with tert-alkyl or cyclic N) is 1. The maximum absolute atomic E-state index is 11.4. The van der Waals surface area contributed by atoms with Crippen LogP contribution >= 0.6 is 0 Å². The molecule has 0 spiro atoms. The van der Waals surface area contributed by atoms with Crippen LogP contribution in [0.25, 0.3) is 11.1 Å². The second-order valence-electron chi connectivity index (χ2n) is 10.4. The average Bonchev–Trinajstić information content (AvgIpc) is 2.83. The van der Waals surface area contributed by atoms with Gasteiger partial charge in [0.1, 0.15) is 0 Å². The summed E-state index contributed by atoms with van der Waals surface area (Å²) >= 11 is 0. The fourth-order valence-corrected chi connectivity index (χ4v) is 4.47. The molecule has 3 aromatic rings.